The second-order valence-electron chi connectivity index (χ2n) is 5.01. The molecule has 0 saturated carbocycles. The lowest BCUT2D eigenvalue weighted by atomic mass is 10.0. The number of carbonyl (C=O) groups is 1. The Bertz CT molecular complexity index is 591. The molecular formula is C14H17N5O. The maximum Gasteiger partial charge on any atom is 0.226 e. The van der Waals surface area contributed by atoms with E-state index in [4.69, 9.17) is 0 Å². The van der Waals surface area contributed by atoms with Crippen LogP contribution in [0.3, 0.4) is 0 Å². The van der Waals surface area contributed by atoms with Gasteiger partial charge in [0.05, 0.1) is 23.8 Å². The Labute approximate surface area is 117 Å². The smallest absolute Gasteiger partial charge is 0.226 e. The summed E-state index contributed by atoms with van der Waals surface area (Å²) in [5.41, 5.74) is 1.71. The van der Waals surface area contributed by atoms with E-state index in [1.807, 2.05) is 43.5 Å². The highest BCUT2D eigenvalue weighted by atomic mass is 16.2. The Hall–Kier alpha value is -2.21. The Kier molecular flexibility index (Phi) is 3.47. The lowest BCUT2D eigenvalue weighted by Crippen LogP contribution is -2.51. The molecule has 2 aromatic rings. The Balaban J connectivity index is 1.68. The quantitative estimate of drug-likeness (QED) is 0.857. The van der Waals surface area contributed by atoms with Gasteiger partial charge in [0.1, 0.15) is 5.69 Å². The van der Waals surface area contributed by atoms with Crippen LogP contribution in [-0.2, 0) is 4.79 Å². The number of carbonyl (C=O) groups excluding carboxylic acids is 1. The molecule has 1 amide bonds. The van der Waals surface area contributed by atoms with Crippen LogP contribution in [0.15, 0.2) is 36.5 Å². The van der Waals surface area contributed by atoms with Gasteiger partial charge in [0.25, 0.3) is 0 Å². The predicted octanol–water partition coefficient (Wildman–Crippen LogP) is 0.664. The number of nitrogens with one attached hydrogen (secondary N) is 2. The van der Waals surface area contributed by atoms with Crippen LogP contribution < -0.4 is 10.6 Å². The standard InChI is InChI=1S/C14H17N5O/c1-10(16-14(20)11-7-15-8-11)13-9-19(18-17-13)12-5-3-2-4-6-12/h2-6,9-11,15H,7-8H2,1H3,(H,16,20). The summed E-state index contributed by atoms with van der Waals surface area (Å²) < 4.78 is 1.71. The number of para-hydroxylation sites is 1. The van der Waals surface area contributed by atoms with Gasteiger partial charge in [-0.25, -0.2) is 4.68 Å². The topological polar surface area (TPSA) is 71.8 Å². The Morgan fingerprint density at radius 1 is 1.40 bits per heavy atom. The molecule has 1 aromatic carbocycles. The molecule has 1 aromatic heterocycles. The summed E-state index contributed by atoms with van der Waals surface area (Å²) in [5, 5.41) is 14.3. The third-order valence-electron chi connectivity index (χ3n) is 3.49. The molecule has 20 heavy (non-hydrogen) atoms. The molecule has 0 spiro atoms. The lowest BCUT2D eigenvalue weighted by Gasteiger charge is -2.27. The van der Waals surface area contributed by atoms with Gasteiger partial charge in [-0.15, -0.1) is 5.10 Å². The molecular weight excluding hydrogens is 254 g/mol. The van der Waals surface area contributed by atoms with Crippen molar-refractivity contribution in [1.29, 1.82) is 0 Å². The normalized spacial score (nSPS) is 16.4. The van der Waals surface area contributed by atoms with Crippen molar-refractivity contribution in [3.05, 3.63) is 42.2 Å². The van der Waals surface area contributed by atoms with E-state index in [1.54, 1.807) is 4.68 Å². The minimum Gasteiger partial charge on any atom is -0.348 e. The highest BCUT2D eigenvalue weighted by Crippen LogP contribution is 2.13. The number of aromatic nitrogens is 3. The highest BCUT2D eigenvalue weighted by molar-refractivity contribution is 5.80. The van der Waals surface area contributed by atoms with Gasteiger partial charge < -0.3 is 10.6 Å². The molecule has 3 rings (SSSR count). The maximum absolute atomic E-state index is 11.9. The number of amides is 1. The van der Waals surface area contributed by atoms with Crippen molar-refractivity contribution in [3.8, 4) is 5.69 Å². The second-order valence-corrected chi connectivity index (χ2v) is 5.01. The molecule has 6 nitrogen and oxygen atoms in total. The van der Waals surface area contributed by atoms with Crippen LogP contribution in [-0.4, -0.2) is 34.0 Å². The van der Waals surface area contributed by atoms with Crippen LogP contribution in [0.25, 0.3) is 5.69 Å². The van der Waals surface area contributed by atoms with E-state index >= 15 is 0 Å². The SMILES string of the molecule is CC(NC(=O)C1CNC1)c1cn(-c2ccccc2)nn1. The third kappa shape index (κ3) is 2.55. The van der Waals surface area contributed by atoms with Crippen molar-refractivity contribution >= 4 is 5.91 Å². The zero-order chi connectivity index (χ0) is 13.9. The van der Waals surface area contributed by atoms with E-state index in [0.717, 1.165) is 24.5 Å². The fourth-order valence-electron chi connectivity index (χ4n) is 2.06. The van der Waals surface area contributed by atoms with Crippen molar-refractivity contribution in [2.24, 2.45) is 5.92 Å². The van der Waals surface area contributed by atoms with Gasteiger partial charge in [-0.1, -0.05) is 23.4 Å². The molecule has 0 radical (unpaired) electrons. The van der Waals surface area contributed by atoms with Crippen molar-refractivity contribution in [2.75, 3.05) is 13.1 Å². The van der Waals surface area contributed by atoms with Gasteiger partial charge in [-0.05, 0) is 19.1 Å². The number of benzene rings is 1. The van der Waals surface area contributed by atoms with E-state index in [1.165, 1.54) is 0 Å². The van der Waals surface area contributed by atoms with Crippen molar-refractivity contribution in [2.45, 2.75) is 13.0 Å². The van der Waals surface area contributed by atoms with Crippen molar-refractivity contribution in [3.63, 3.8) is 0 Å². The first-order chi connectivity index (χ1) is 9.74. The van der Waals surface area contributed by atoms with E-state index in [2.05, 4.69) is 20.9 Å². The Morgan fingerprint density at radius 3 is 2.80 bits per heavy atom. The summed E-state index contributed by atoms with van der Waals surface area (Å²) in [4.78, 5) is 11.9. The van der Waals surface area contributed by atoms with Crippen LogP contribution in [0.2, 0.25) is 0 Å². The average Bonchev–Trinajstić information content (AvgIpc) is 2.87. The van der Waals surface area contributed by atoms with E-state index < -0.39 is 0 Å². The van der Waals surface area contributed by atoms with Crippen LogP contribution >= 0.6 is 0 Å². The van der Waals surface area contributed by atoms with Crippen LogP contribution in [0.5, 0.6) is 0 Å². The lowest BCUT2D eigenvalue weighted by molar-refractivity contribution is -0.127. The van der Waals surface area contributed by atoms with Gasteiger partial charge >= 0.3 is 0 Å². The van der Waals surface area contributed by atoms with E-state index in [0.29, 0.717) is 0 Å². The van der Waals surface area contributed by atoms with Crippen LogP contribution in [0, 0.1) is 5.92 Å². The number of hydrogen-bond acceptors (Lipinski definition) is 4. The van der Waals surface area contributed by atoms with Crippen LogP contribution in [0.1, 0.15) is 18.7 Å². The minimum absolute atomic E-state index is 0.0745. The van der Waals surface area contributed by atoms with Crippen molar-refractivity contribution < 1.29 is 4.79 Å². The zero-order valence-corrected chi connectivity index (χ0v) is 11.3. The largest absolute Gasteiger partial charge is 0.348 e. The van der Waals surface area contributed by atoms with Gasteiger partial charge in [-0.3, -0.25) is 4.79 Å². The first-order valence-corrected chi connectivity index (χ1v) is 6.73. The second kappa shape index (κ2) is 5.42. The molecule has 0 aliphatic carbocycles. The summed E-state index contributed by atoms with van der Waals surface area (Å²) in [7, 11) is 0. The summed E-state index contributed by atoms with van der Waals surface area (Å²) in [6, 6.07) is 9.64. The molecule has 6 heteroatoms. The molecule has 2 heterocycles. The molecule has 1 unspecified atom stereocenters. The summed E-state index contributed by atoms with van der Waals surface area (Å²) in [6.45, 7) is 3.44. The Morgan fingerprint density at radius 2 is 2.15 bits per heavy atom. The third-order valence-corrected chi connectivity index (χ3v) is 3.49. The van der Waals surface area contributed by atoms with E-state index in [-0.39, 0.29) is 17.9 Å². The molecule has 1 fully saturated rings. The number of hydrogen-bond donors (Lipinski definition) is 2. The summed E-state index contributed by atoms with van der Waals surface area (Å²) in [6.07, 6.45) is 1.85. The van der Waals surface area contributed by atoms with Crippen LogP contribution in [0.4, 0.5) is 0 Å². The first-order valence-electron chi connectivity index (χ1n) is 6.73. The van der Waals surface area contributed by atoms with Gasteiger partial charge in [0.2, 0.25) is 5.91 Å². The molecule has 104 valence electrons. The first kappa shape index (κ1) is 12.8. The van der Waals surface area contributed by atoms with Gasteiger partial charge in [0.15, 0.2) is 0 Å². The predicted molar refractivity (Wildman–Crippen MR) is 74.3 cm³/mol. The van der Waals surface area contributed by atoms with Gasteiger partial charge in [0, 0.05) is 13.1 Å². The fraction of sp³-hybridized carbons (Fsp3) is 0.357. The molecule has 2 N–H and O–H groups in total. The summed E-state index contributed by atoms with van der Waals surface area (Å²) in [5.74, 6) is 0.159. The average molecular weight is 271 g/mol. The minimum atomic E-state index is -0.138. The monoisotopic (exact) mass is 271 g/mol. The molecule has 1 aliphatic rings. The number of nitrogens with zero attached hydrogens (tertiary/aromatic N) is 3. The maximum atomic E-state index is 11.9. The van der Waals surface area contributed by atoms with Gasteiger partial charge in [-0.2, -0.15) is 0 Å². The van der Waals surface area contributed by atoms with E-state index in [9.17, 15) is 4.79 Å². The van der Waals surface area contributed by atoms with Crippen molar-refractivity contribution in [1.82, 2.24) is 25.6 Å². The summed E-state index contributed by atoms with van der Waals surface area (Å²) >= 11 is 0. The molecule has 1 atom stereocenters. The zero-order valence-electron chi connectivity index (χ0n) is 11.3. The highest BCUT2D eigenvalue weighted by Gasteiger charge is 2.26. The molecule has 1 saturated heterocycles. The fourth-order valence-corrected chi connectivity index (χ4v) is 2.06. The number of rotatable bonds is 4. The molecule has 0 bridgehead atoms. The molecule has 1 aliphatic heterocycles.